The molecule has 2 aromatic carbocycles. The highest BCUT2D eigenvalue weighted by atomic mass is 19.1. The third-order valence-corrected chi connectivity index (χ3v) is 3.01. The van der Waals surface area contributed by atoms with E-state index in [2.05, 4.69) is 0 Å². The van der Waals surface area contributed by atoms with Crippen molar-refractivity contribution in [3.8, 4) is 23.0 Å². The molecule has 0 aromatic heterocycles. The van der Waals surface area contributed by atoms with Gasteiger partial charge in [-0.3, -0.25) is 0 Å². The Morgan fingerprint density at radius 1 is 1.15 bits per heavy atom. The molecule has 104 valence electrons. The second-order valence-corrected chi connectivity index (χ2v) is 4.48. The van der Waals surface area contributed by atoms with Crippen LogP contribution in [0.1, 0.15) is 18.6 Å². The molecule has 0 fully saturated rings. The topological polar surface area (TPSA) is 47.9 Å². The molecule has 20 heavy (non-hydrogen) atoms. The summed E-state index contributed by atoms with van der Waals surface area (Å²) >= 11 is 0. The summed E-state index contributed by atoms with van der Waals surface area (Å²) in [6, 6.07) is 9.39. The number of rotatable bonds is 3. The molecular weight excluding hydrogens is 263 g/mol. The summed E-state index contributed by atoms with van der Waals surface area (Å²) in [6.45, 7) is 1.75. The van der Waals surface area contributed by atoms with E-state index < -0.39 is 11.9 Å². The van der Waals surface area contributed by atoms with Crippen LogP contribution in [-0.4, -0.2) is 11.9 Å². The van der Waals surface area contributed by atoms with Crippen LogP contribution < -0.4 is 14.2 Å². The molecule has 0 saturated heterocycles. The smallest absolute Gasteiger partial charge is 0.231 e. The predicted molar refractivity (Wildman–Crippen MR) is 69.7 cm³/mol. The molecule has 0 spiro atoms. The van der Waals surface area contributed by atoms with Gasteiger partial charge in [0.15, 0.2) is 23.1 Å². The number of benzene rings is 2. The zero-order valence-electron chi connectivity index (χ0n) is 10.8. The van der Waals surface area contributed by atoms with Crippen LogP contribution in [0.2, 0.25) is 0 Å². The Balaban J connectivity index is 1.84. The summed E-state index contributed by atoms with van der Waals surface area (Å²) in [4.78, 5) is 0. The van der Waals surface area contributed by atoms with Crippen LogP contribution in [0.3, 0.4) is 0 Å². The molecule has 0 aliphatic carbocycles. The SMILES string of the molecule is C[C@@H](O)c1ccc(Oc2ccc3c(c2)OCO3)c(F)c1. The molecular formula is C15H13FO4. The lowest BCUT2D eigenvalue weighted by molar-refractivity contribution is 0.174. The average molecular weight is 276 g/mol. The van der Waals surface area contributed by atoms with Gasteiger partial charge in [-0.05, 0) is 36.8 Å². The van der Waals surface area contributed by atoms with Gasteiger partial charge in [-0.25, -0.2) is 4.39 Å². The first kappa shape index (κ1) is 12.7. The summed E-state index contributed by atoms with van der Waals surface area (Å²) in [6.07, 6.45) is -0.718. The summed E-state index contributed by atoms with van der Waals surface area (Å²) < 4.78 is 29.8. The Morgan fingerprint density at radius 2 is 1.95 bits per heavy atom. The zero-order valence-corrected chi connectivity index (χ0v) is 10.8. The van der Waals surface area contributed by atoms with Crippen molar-refractivity contribution in [2.75, 3.05) is 6.79 Å². The third-order valence-electron chi connectivity index (χ3n) is 3.01. The van der Waals surface area contributed by atoms with Gasteiger partial charge >= 0.3 is 0 Å². The van der Waals surface area contributed by atoms with Gasteiger partial charge in [-0.2, -0.15) is 0 Å². The molecule has 0 amide bonds. The van der Waals surface area contributed by atoms with Gasteiger partial charge in [0.1, 0.15) is 5.75 Å². The van der Waals surface area contributed by atoms with Crippen LogP contribution >= 0.6 is 0 Å². The second-order valence-electron chi connectivity index (χ2n) is 4.48. The molecule has 4 nitrogen and oxygen atoms in total. The average Bonchev–Trinajstić information content (AvgIpc) is 2.88. The quantitative estimate of drug-likeness (QED) is 0.933. The van der Waals surface area contributed by atoms with Gasteiger partial charge in [-0.1, -0.05) is 6.07 Å². The van der Waals surface area contributed by atoms with Crippen molar-refractivity contribution >= 4 is 0 Å². The number of hydrogen-bond donors (Lipinski definition) is 1. The van der Waals surface area contributed by atoms with E-state index >= 15 is 0 Å². The Labute approximate surface area is 115 Å². The van der Waals surface area contributed by atoms with Gasteiger partial charge in [-0.15, -0.1) is 0 Å². The summed E-state index contributed by atoms with van der Waals surface area (Å²) in [5, 5.41) is 9.40. The summed E-state index contributed by atoms with van der Waals surface area (Å²) in [7, 11) is 0. The van der Waals surface area contributed by atoms with Crippen LogP contribution in [0.4, 0.5) is 4.39 Å². The largest absolute Gasteiger partial charge is 0.454 e. The van der Waals surface area contributed by atoms with Crippen molar-refractivity contribution < 1.29 is 23.7 Å². The highest BCUT2D eigenvalue weighted by Crippen LogP contribution is 2.37. The molecule has 1 N–H and O–H groups in total. The highest BCUT2D eigenvalue weighted by Gasteiger charge is 2.15. The first-order chi connectivity index (χ1) is 9.63. The molecule has 2 aromatic rings. The molecule has 0 unspecified atom stereocenters. The first-order valence-corrected chi connectivity index (χ1v) is 6.18. The van der Waals surface area contributed by atoms with Crippen LogP contribution in [0.15, 0.2) is 36.4 Å². The van der Waals surface area contributed by atoms with E-state index in [0.29, 0.717) is 22.8 Å². The fraction of sp³-hybridized carbons (Fsp3) is 0.200. The van der Waals surface area contributed by atoms with Gasteiger partial charge in [0.25, 0.3) is 0 Å². The molecule has 0 saturated carbocycles. The number of halogens is 1. The predicted octanol–water partition coefficient (Wildman–Crippen LogP) is 3.40. The van der Waals surface area contributed by atoms with Gasteiger partial charge in [0, 0.05) is 6.07 Å². The molecule has 5 heteroatoms. The van der Waals surface area contributed by atoms with E-state index in [0.717, 1.165) is 0 Å². The lowest BCUT2D eigenvalue weighted by atomic mass is 10.1. The van der Waals surface area contributed by atoms with Crippen LogP contribution in [-0.2, 0) is 0 Å². The minimum Gasteiger partial charge on any atom is -0.454 e. The third kappa shape index (κ3) is 2.40. The fourth-order valence-electron chi connectivity index (χ4n) is 1.93. The summed E-state index contributed by atoms with van der Waals surface area (Å²) in [5.74, 6) is 1.23. The van der Waals surface area contributed by atoms with Crippen LogP contribution in [0, 0.1) is 5.82 Å². The van der Waals surface area contributed by atoms with Crippen molar-refractivity contribution in [2.45, 2.75) is 13.0 Å². The molecule has 1 aliphatic heterocycles. The van der Waals surface area contributed by atoms with Crippen LogP contribution in [0.25, 0.3) is 0 Å². The van der Waals surface area contributed by atoms with Crippen molar-refractivity contribution in [2.24, 2.45) is 0 Å². The number of fused-ring (bicyclic) bond motifs is 1. The van der Waals surface area contributed by atoms with E-state index in [-0.39, 0.29) is 12.5 Å². The fourth-order valence-corrected chi connectivity index (χ4v) is 1.93. The Morgan fingerprint density at radius 3 is 2.70 bits per heavy atom. The molecule has 3 rings (SSSR count). The first-order valence-electron chi connectivity index (χ1n) is 6.18. The number of aliphatic hydroxyl groups excluding tert-OH is 1. The van der Waals surface area contributed by atoms with E-state index in [1.165, 1.54) is 12.1 Å². The zero-order chi connectivity index (χ0) is 14.1. The lowest BCUT2D eigenvalue weighted by Gasteiger charge is -2.10. The maximum absolute atomic E-state index is 13.9. The van der Waals surface area contributed by atoms with Crippen molar-refractivity contribution in [1.29, 1.82) is 0 Å². The molecule has 0 radical (unpaired) electrons. The van der Waals surface area contributed by atoms with Crippen LogP contribution in [0.5, 0.6) is 23.0 Å². The Hall–Kier alpha value is -2.27. The highest BCUT2D eigenvalue weighted by molar-refractivity contribution is 5.48. The lowest BCUT2D eigenvalue weighted by Crippen LogP contribution is -1.94. The Kier molecular flexibility index (Phi) is 3.20. The van der Waals surface area contributed by atoms with Gasteiger partial charge in [0.2, 0.25) is 6.79 Å². The van der Waals surface area contributed by atoms with E-state index in [1.54, 1.807) is 31.2 Å². The number of aliphatic hydroxyl groups is 1. The molecule has 1 aliphatic rings. The van der Waals surface area contributed by atoms with E-state index in [4.69, 9.17) is 14.2 Å². The van der Waals surface area contributed by atoms with Crippen molar-refractivity contribution in [3.63, 3.8) is 0 Å². The maximum atomic E-state index is 13.9. The maximum Gasteiger partial charge on any atom is 0.231 e. The van der Waals surface area contributed by atoms with E-state index in [1.807, 2.05) is 0 Å². The standard InChI is InChI=1S/C15H13FO4/c1-9(17)10-2-4-13(12(16)6-10)20-11-3-5-14-15(7-11)19-8-18-14/h2-7,9,17H,8H2,1H3/t9-/m1/s1. The molecule has 0 bridgehead atoms. The number of hydrogen-bond acceptors (Lipinski definition) is 4. The Bertz CT molecular complexity index is 640. The van der Waals surface area contributed by atoms with E-state index in [9.17, 15) is 9.50 Å². The molecule has 1 atom stereocenters. The van der Waals surface area contributed by atoms with Crippen molar-refractivity contribution in [3.05, 3.63) is 47.8 Å². The minimum absolute atomic E-state index is 0.0910. The van der Waals surface area contributed by atoms with Crippen molar-refractivity contribution in [1.82, 2.24) is 0 Å². The normalized spacial score (nSPS) is 14.2. The summed E-state index contributed by atoms with van der Waals surface area (Å²) in [5.41, 5.74) is 0.500. The van der Waals surface area contributed by atoms with Gasteiger partial charge in [0.05, 0.1) is 6.10 Å². The minimum atomic E-state index is -0.718. The monoisotopic (exact) mass is 276 g/mol. The molecule has 1 heterocycles. The number of ether oxygens (including phenoxy) is 3. The van der Waals surface area contributed by atoms with Gasteiger partial charge < -0.3 is 19.3 Å². The second kappa shape index (κ2) is 5.02.